The molecule has 0 amide bonds. The first-order valence-corrected chi connectivity index (χ1v) is 47.0. The number of nitrogens with two attached hydrogens (primary N) is 2. The third kappa shape index (κ3) is 31.7. The molecule has 3 fully saturated rings. The Morgan fingerprint density at radius 2 is 0.866 bits per heavy atom. The van der Waals surface area contributed by atoms with Crippen LogP contribution in [-0.2, 0) is 86.0 Å². The molecule has 0 radical (unpaired) electrons. The molecule has 8 aromatic carbocycles. The Morgan fingerprint density at radius 3 is 1.33 bits per heavy atom. The molecule has 9 heterocycles. The molecule has 149 heavy (non-hydrogen) atoms. The van der Waals surface area contributed by atoms with Crippen molar-refractivity contribution >= 4 is 51.6 Å². The van der Waals surface area contributed by atoms with Crippen molar-refractivity contribution in [3.05, 3.63) is 400 Å². The molecule has 0 spiro atoms. The number of pyridine rings is 3. The molecule has 14 aromatic rings. The molecular formula is C114H97F12N17O6. The number of likely N-dealkylation sites (tertiary alicyclic amines) is 1. The van der Waals surface area contributed by atoms with Crippen LogP contribution in [0.3, 0.4) is 0 Å². The van der Waals surface area contributed by atoms with Gasteiger partial charge in [0.1, 0.15) is 17.2 Å². The number of benzene rings is 8. The fourth-order valence-electron chi connectivity index (χ4n) is 16.3. The number of Topliss-reactive ketones (excluding diaryl/α,β-unsaturated/α-hetero) is 4. The van der Waals surface area contributed by atoms with Crippen molar-refractivity contribution in [2.24, 2.45) is 10.7 Å². The van der Waals surface area contributed by atoms with Crippen molar-refractivity contribution in [2.45, 2.75) is 117 Å². The average molecular weight is 2030 g/mol. The number of nitrogens with zero attached hydrogens (tertiary/aromatic N) is 14. The van der Waals surface area contributed by atoms with Gasteiger partial charge in [0.2, 0.25) is 5.96 Å². The molecule has 23 nitrogen and oxygen atoms in total. The molecule has 0 unspecified atom stereocenters. The van der Waals surface area contributed by atoms with Gasteiger partial charge in [-0.15, -0.1) is 0 Å². The van der Waals surface area contributed by atoms with E-state index in [4.69, 9.17) is 26.2 Å². The number of imidazole rings is 1. The zero-order valence-electron chi connectivity index (χ0n) is 81.1. The lowest BCUT2D eigenvalue weighted by atomic mass is 9.96. The summed E-state index contributed by atoms with van der Waals surface area (Å²) in [6.45, 7) is 14.8. The van der Waals surface area contributed by atoms with Gasteiger partial charge in [-0.25, -0.2) is 19.9 Å². The molecule has 5 N–H and O–H groups in total. The number of ether oxygens (including phenoxy) is 2. The molecule has 3 aliphatic rings. The number of nitriles is 1. The van der Waals surface area contributed by atoms with Crippen LogP contribution in [0.1, 0.15) is 188 Å². The number of aryl methyl sites for hydroxylation is 4. The average Bonchev–Trinajstić information content (AvgIpc) is 0.859. The van der Waals surface area contributed by atoms with Crippen LogP contribution in [0, 0.1) is 86.5 Å². The predicted molar refractivity (Wildman–Crippen MR) is 537 cm³/mol. The van der Waals surface area contributed by atoms with Crippen LogP contribution < -0.4 is 16.8 Å². The number of alkyl halides is 12. The Labute approximate surface area is 851 Å². The van der Waals surface area contributed by atoms with Gasteiger partial charge in [-0.1, -0.05) is 120 Å². The number of nitrogen functional groups attached to an aromatic ring is 1. The van der Waals surface area contributed by atoms with Gasteiger partial charge in [0.25, 0.3) is 0 Å². The Hall–Kier alpha value is -16.7. The minimum absolute atomic E-state index is 0.0366. The number of aliphatic imine (C=N–C) groups is 1. The first kappa shape index (κ1) is 108. The number of ketones is 4. The van der Waals surface area contributed by atoms with E-state index in [2.05, 4.69) is 102 Å². The second-order valence-electron chi connectivity index (χ2n) is 35.4. The number of rotatable bonds is 21. The lowest BCUT2D eigenvalue weighted by Crippen LogP contribution is -2.36. The van der Waals surface area contributed by atoms with Crippen LogP contribution in [0.2, 0.25) is 0 Å². The normalized spacial score (nSPS) is 13.4. The number of hydrogen-bond acceptors (Lipinski definition) is 20. The molecule has 3 saturated heterocycles. The number of carbonyl (C=O) groups excluding carboxylic acids is 4. The Kier molecular flexibility index (Phi) is 36.2. The van der Waals surface area contributed by atoms with Crippen molar-refractivity contribution < 1.29 is 81.3 Å². The lowest BCUT2D eigenvalue weighted by molar-refractivity contribution is -0.139. The predicted octanol–water partition coefficient (Wildman–Crippen LogP) is 19.4. The second-order valence-corrected chi connectivity index (χ2v) is 35.4. The van der Waals surface area contributed by atoms with Gasteiger partial charge in [0.15, 0.2) is 35.1 Å². The largest absolute Gasteiger partial charge is 0.416 e. The van der Waals surface area contributed by atoms with E-state index in [1.165, 1.54) is 61.7 Å². The topological polar surface area (TPSA) is 305 Å². The Morgan fingerprint density at radius 1 is 0.409 bits per heavy atom. The maximum absolute atomic E-state index is 13.9. The van der Waals surface area contributed by atoms with Crippen LogP contribution in [-0.4, -0.2) is 154 Å². The first-order chi connectivity index (χ1) is 71.3. The van der Waals surface area contributed by atoms with Crippen LogP contribution in [0.4, 0.5) is 64.3 Å². The maximum Gasteiger partial charge on any atom is 0.416 e. The molecule has 0 aliphatic carbocycles. The summed E-state index contributed by atoms with van der Waals surface area (Å²) in [5.41, 5.74) is 21.3. The fraction of sp³-hybridized carbons (Fsp3) is 0.246. The van der Waals surface area contributed by atoms with E-state index in [1.807, 2.05) is 55.7 Å². The lowest BCUT2D eigenvalue weighted by Gasteiger charge is -2.27. The zero-order valence-corrected chi connectivity index (χ0v) is 81.1. The number of morpholine rings is 2. The molecule has 3 aliphatic heterocycles. The SMILES string of the molecule is Cc1ccc(C(=O)Cc2cc(CN3CCCC3)cc(C(F)(F)F)c2)cc1C#Cc1cncc2cccnc12.Cc1ccc(C(=O)Cc2cc(CN3CCOCC3)cc(C(F)(F)F)c2)cc1C#Cc1cncc(N)n1.Cc1ccc(C(=O)Cc2ccc(CN3CCOCC3)c(C(F)(F)F)c2)cc1C#Cc1ccc(N=C(N)NC#N)nc1.Cc1ccc(C(=O)Cc2ccc(Cn3ccnc3)c(C(F)(F)F)c2)cc1C#Cc1cnccn1. The molecule has 35 heteroatoms. The highest BCUT2D eigenvalue weighted by Crippen LogP contribution is 2.38. The molecule has 0 atom stereocenters. The zero-order chi connectivity index (χ0) is 106. The number of hydrogen-bond donors (Lipinski definition) is 3. The van der Waals surface area contributed by atoms with Crippen LogP contribution >= 0.6 is 0 Å². The van der Waals surface area contributed by atoms with Gasteiger partial charge in [0.05, 0.1) is 84.7 Å². The van der Waals surface area contributed by atoms with E-state index in [0.717, 1.165) is 89.4 Å². The summed E-state index contributed by atoms with van der Waals surface area (Å²) in [4.78, 5) is 95.0. The van der Waals surface area contributed by atoms with Crippen LogP contribution in [0.5, 0.6) is 0 Å². The highest BCUT2D eigenvalue weighted by molar-refractivity contribution is 6.00. The minimum atomic E-state index is -4.54. The summed E-state index contributed by atoms with van der Waals surface area (Å²) < 4.78 is 177. The molecule has 0 bridgehead atoms. The minimum Gasteiger partial charge on any atom is -0.382 e. The molecular weight excluding hydrogens is 1930 g/mol. The summed E-state index contributed by atoms with van der Waals surface area (Å²) in [5, 5.41) is 11.6. The summed E-state index contributed by atoms with van der Waals surface area (Å²) in [6, 6.07) is 43.4. The van der Waals surface area contributed by atoms with E-state index in [0.29, 0.717) is 172 Å². The fourth-order valence-corrected chi connectivity index (χ4v) is 16.3. The number of nitrogens with one attached hydrogen (secondary N) is 1. The highest BCUT2D eigenvalue weighted by Gasteiger charge is 2.38. The van der Waals surface area contributed by atoms with E-state index in [1.54, 1.807) is 145 Å². The summed E-state index contributed by atoms with van der Waals surface area (Å²) in [6.07, 6.45) is 3.75. The van der Waals surface area contributed by atoms with Crippen molar-refractivity contribution in [2.75, 3.05) is 71.4 Å². The van der Waals surface area contributed by atoms with Gasteiger partial charge < -0.3 is 25.5 Å². The van der Waals surface area contributed by atoms with Gasteiger partial charge in [-0.3, -0.25) is 59.1 Å². The van der Waals surface area contributed by atoms with Crippen molar-refractivity contribution in [3.63, 3.8) is 0 Å². The number of anilines is 1. The Bertz CT molecular complexity index is 7570. The van der Waals surface area contributed by atoms with E-state index >= 15 is 0 Å². The van der Waals surface area contributed by atoms with E-state index in [-0.39, 0.29) is 84.8 Å². The van der Waals surface area contributed by atoms with Gasteiger partial charge in [-0.05, 0) is 217 Å². The van der Waals surface area contributed by atoms with Gasteiger partial charge in [-0.2, -0.15) is 62.9 Å². The summed E-state index contributed by atoms with van der Waals surface area (Å²) in [7, 11) is 0. The number of aromatic nitrogens is 9. The molecule has 6 aromatic heterocycles. The van der Waals surface area contributed by atoms with Crippen molar-refractivity contribution in [3.8, 4) is 53.6 Å². The third-order valence-electron chi connectivity index (χ3n) is 24.2. The van der Waals surface area contributed by atoms with Crippen LogP contribution in [0.25, 0.3) is 10.9 Å². The van der Waals surface area contributed by atoms with Gasteiger partial charge >= 0.3 is 24.7 Å². The first-order valence-electron chi connectivity index (χ1n) is 47.0. The second kappa shape index (κ2) is 49.9. The molecule has 758 valence electrons. The number of guanidine groups is 1. The maximum atomic E-state index is 13.9. The van der Waals surface area contributed by atoms with Crippen molar-refractivity contribution in [1.29, 1.82) is 5.26 Å². The number of fused-ring (bicyclic) bond motifs is 1. The van der Waals surface area contributed by atoms with Crippen molar-refractivity contribution in [1.82, 2.24) is 64.5 Å². The molecule has 17 rings (SSSR count). The highest BCUT2D eigenvalue weighted by atomic mass is 19.4. The molecule has 0 saturated carbocycles. The smallest absolute Gasteiger partial charge is 0.382 e. The summed E-state index contributed by atoms with van der Waals surface area (Å²) in [5.74, 6) is 23.3. The van der Waals surface area contributed by atoms with E-state index < -0.39 is 47.0 Å². The quantitative estimate of drug-likeness (QED) is 0.0114. The number of halogens is 12. The Balaban J connectivity index is 0.000000157. The number of carbonyl (C=O) groups is 4. The summed E-state index contributed by atoms with van der Waals surface area (Å²) >= 11 is 0. The van der Waals surface area contributed by atoms with Gasteiger partial charge in [0, 0.05) is 183 Å². The van der Waals surface area contributed by atoms with Crippen LogP contribution in [0.15, 0.2) is 249 Å². The van der Waals surface area contributed by atoms with E-state index in [9.17, 15) is 71.9 Å². The monoisotopic (exact) mass is 2030 g/mol. The third-order valence-corrected chi connectivity index (χ3v) is 24.2. The standard InChI is InChI=1S/C31H26F3N3O.C30H27F3N6O2.C27H25F3N4O2.C26H19F3N4O/c1-21-6-7-25(17-24(21)8-9-27-19-35-18-26-5-4-10-36-30(26)27)29(38)16-22-13-23(20-37-11-2-3-12-37)15-28(14-22)31(32,33)34;1-20-2-6-24(16-23(20)7-3-21-5-9-28(36-17-21)38-29(35)37-19-34)27(40)15-22-4-8-25(26(14-22)30(31,32)33)18-39-10-12-41-13-11-39;1-18-2-3-22(14-21(18)4-5-24-15-32-16-26(31)33-24)25(35)13-19-10-20(12-23(11-19)27(28,29)30)17-34-6-8-36-9-7-34;1-18-2-4-21(14-20(18)6-7-23-15-30-8-9-32-23)25(34)13-19-3-5-22(16-33-11-10-31-17-33)24(12-19)26(27,28)29/h4-7,10,13-15,17-19H,2-3,11-12,16,20H2,1H3;2,4-6,8-9,14,16-17H,10-13,15,18H2,1H3,(H3,35,36,37,38);2-3,10-12,14-16H,6-9,13,17H2,1H3,(H2,31,33);2-5,8-12,14-15,17H,13,16H2,1H3.